The number of nitrogens with one attached hydrogen (secondary N) is 1. The van der Waals surface area contributed by atoms with E-state index in [0.717, 1.165) is 21.3 Å². The fraction of sp³-hybridized carbons (Fsp3) is 0.0625. The van der Waals surface area contributed by atoms with Crippen LogP contribution in [0.15, 0.2) is 53.6 Å². The molecule has 2 N–H and O–H groups in total. The predicted molar refractivity (Wildman–Crippen MR) is 85.9 cm³/mol. The molecule has 0 amide bonds. The van der Waals surface area contributed by atoms with Crippen LogP contribution in [0.4, 0.5) is 5.69 Å². The Balaban J connectivity index is 1.84. The molecule has 1 heterocycles. The van der Waals surface area contributed by atoms with Crippen LogP contribution in [0, 0.1) is 6.92 Å². The monoisotopic (exact) mass is 282 g/mol. The Labute approximate surface area is 121 Å². The first-order valence-corrected chi connectivity index (χ1v) is 7.12. The molecule has 3 nitrogen and oxygen atoms in total. The quantitative estimate of drug-likeness (QED) is 0.553. The predicted octanol–water partition coefficient (Wildman–Crippen LogP) is 4.36. The number of anilines is 1. The van der Waals surface area contributed by atoms with Crippen molar-refractivity contribution >= 4 is 33.3 Å². The normalized spacial score (nSPS) is 11.2. The lowest BCUT2D eigenvalue weighted by molar-refractivity contribution is 0.490. The second kappa shape index (κ2) is 5.35. The lowest BCUT2D eigenvalue weighted by Gasteiger charge is -2.00. The number of hydrazone groups is 1. The van der Waals surface area contributed by atoms with Crippen LogP contribution in [0.2, 0.25) is 0 Å². The van der Waals surface area contributed by atoms with Crippen molar-refractivity contribution in [3.05, 3.63) is 59.7 Å². The molecule has 100 valence electrons. The molecule has 3 rings (SSSR count). The van der Waals surface area contributed by atoms with Crippen LogP contribution in [0.3, 0.4) is 0 Å². The van der Waals surface area contributed by atoms with Crippen LogP contribution in [-0.2, 0) is 0 Å². The minimum Gasteiger partial charge on any atom is -0.499 e. The average Bonchev–Trinajstić information content (AvgIpc) is 2.77. The second-order valence-electron chi connectivity index (χ2n) is 4.55. The van der Waals surface area contributed by atoms with E-state index in [9.17, 15) is 5.11 Å². The summed E-state index contributed by atoms with van der Waals surface area (Å²) in [6, 6.07) is 15.9. The van der Waals surface area contributed by atoms with Gasteiger partial charge in [0.15, 0.2) is 5.06 Å². The molecule has 2 aromatic carbocycles. The molecule has 0 radical (unpaired) electrons. The largest absolute Gasteiger partial charge is 0.499 e. The summed E-state index contributed by atoms with van der Waals surface area (Å²) in [5.41, 5.74) is 5.85. The van der Waals surface area contributed by atoms with Gasteiger partial charge in [0.2, 0.25) is 0 Å². The summed E-state index contributed by atoms with van der Waals surface area (Å²) < 4.78 is 1.06. The first-order valence-electron chi connectivity index (χ1n) is 6.30. The highest BCUT2D eigenvalue weighted by atomic mass is 32.1. The third kappa shape index (κ3) is 2.51. The summed E-state index contributed by atoms with van der Waals surface area (Å²) in [5.74, 6) is 0. The Bertz CT molecular complexity index is 760. The van der Waals surface area contributed by atoms with Gasteiger partial charge in [-0.15, -0.1) is 0 Å². The minimum atomic E-state index is 0.292. The van der Waals surface area contributed by atoms with E-state index in [1.165, 1.54) is 16.9 Å². The summed E-state index contributed by atoms with van der Waals surface area (Å²) in [6.07, 6.45) is 1.66. The fourth-order valence-corrected chi connectivity index (χ4v) is 2.89. The maximum absolute atomic E-state index is 9.97. The maximum atomic E-state index is 9.97. The topological polar surface area (TPSA) is 44.6 Å². The molecule has 0 spiro atoms. The third-order valence-electron chi connectivity index (χ3n) is 3.05. The van der Waals surface area contributed by atoms with Crippen molar-refractivity contribution in [2.75, 3.05) is 5.43 Å². The molecule has 4 heteroatoms. The highest BCUT2D eigenvalue weighted by Crippen LogP contribution is 2.35. The van der Waals surface area contributed by atoms with Crippen molar-refractivity contribution in [2.24, 2.45) is 5.10 Å². The average molecular weight is 282 g/mol. The molecule has 0 aliphatic rings. The maximum Gasteiger partial charge on any atom is 0.181 e. The third-order valence-corrected chi connectivity index (χ3v) is 4.04. The van der Waals surface area contributed by atoms with Gasteiger partial charge in [-0.3, -0.25) is 5.43 Å². The van der Waals surface area contributed by atoms with Gasteiger partial charge in [-0.05, 0) is 25.1 Å². The van der Waals surface area contributed by atoms with Gasteiger partial charge >= 0.3 is 0 Å². The number of hydrogen-bond acceptors (Lipinski definition) is 4. The van der Waals surface area contributed by atoms with Gasteiger partial charge in [-0.25, -0.2) is 0 Å². The lowest BCUT2D eigenvalue weighted by Crippen LogP contribution is -1.90. The molecule has 0 aliphatic carbocycles. The molecule has 1 aromatic heterocycles. The first kappa shape index (κ1) is 12.7. The summed E-state index contributed by atoms with van der Waals surface area (Å²) in [6.45, 7) is 2.04. The van der Waals surface area contributed by atoms with E-state index in [1.54, 1.807) is 6.21 Å². The number of hydrogen-bond donors (Lipinski definition) is 2. The van der Waals surface area contributed by atoms with E-state index in [0.29, 0.717) is 5.06 Å². The summed E-state index contributed by atoms with van der Waals surface area (Å²) >= 11 is 1.36. The highest BCUT2D eigenvalue weighted by Gasteiger charge is 2.08. The molecule has 3 aromatic rings. The zero-order valence-electron chi connectivity index (χ0n) is 11.0. The Morgan fingerprint density at radius 1 is 1.10 bits per heavy atom. The van der Waals surface area contributed by atoms with Crippen molar-refractivity contribution < 1.29 is 5.11 Å². The molecule has 0 atom stereocenters. The van der Waals surface area contributed by atoms with Crippen LogP contribution in [0.1, 0.15) is 11.1 Å². The molecule has 20 heavy (non-hydrogen) atoms. The molecule has 0 fully saturated rings. The van der Waals surface area contributed by atoms with Crippen molar-refractivity contribution in [3.8, 4) is 5.06 Å². The van der Waals surface area contributed by atoms with Crippen LogP contribution in [-0.4, -0.2) is 11.3 Å². The van der Waals surface area contributed by atoms with Crippen molar-refractivity contribution in [1.82, 2.24) is 0 Å². The molecule has 0 aliphatic heterocycles. The standard InChI is InChI=1S/C16H14N2OS/c1-11-6-8-12(9-7-11)18-17-10-14-13-4-2-3-5-15(13)20-16(14)19/h2-10,18-19H,1H3/b17-10-. The van der Waals surface area contributed by atoms with Crippen molar-refractivity contribution in [2.45, 2.75) is 6.92 Å². The van der Waals surface area contributed by atoms with Crippen LogP contribution in [0.5, 0.6) is 5.06 Å². The van der Waals surface area contributed by atoms with Crippen LogP contribution in [0.25, 0.3) is 10.1 Å². The number of aryl methyl sites for hydroxylation is 1. The number of rotatable bonds is 3. The number of benzene rings is 2. The van der Waals surface area contributed by atoms with Gasteiger partial charge in [0.25, 0.3) is 0 Å². The Hall–Kier alpha value is -2.33. The zero-order valence-corrected chi connectivity index (χ0v) is 11.8. The smallest absolute Gasteiger partial charge is 0.181 e. The fourth-order valence-electron chi connectivity index (χ4n) is 1.98. The molecule has 0 unspecified atom stereocenters. The van der Waals surface area contributed by atoms with E-state index in [1.807, 2.05) is 55.5 Å². The summed E-state index contributed by atoms with van der Waals surface area (Å²) in [7, 11) is 0. The molecular formula is C16H14N2OS. The lowest BCUT2D eigenvalue weighted by atomic mass is 10.2. The first-order chi connectivity index (χ1) is 9.74. The molecule has 0 bridgehead atoms. The van der Waals surface area contributed by atoms with E-state index >= 15 is 0 Å². The number of aromatic hydroxyl groups is 1. The second-order valence-corrected chi connectivity index (χ2v) is 5.58. The molecule has 0 saturated heterocycles. The number of thiophene rings is 1. The van der Waals surface area contributed by atoms with Gasteiger partial charge in [-0.2, -0.15) is 5.10 Å². The van der Waals surface area contributed by atoms with E-state index in [2.05, 4.69) is 10.5 Å². The SMILES string of the molecule is Cc1ccc(N/N=C\c2c(O)sc3ccccc23)cc1. The van der Waals surface area contributed by atoms with E-state index in [-0.39, 0.29) is 0 Å². The van der Waals surface area contributed by atoms with E-state index < -0.39 is 0 Å². The van der Waals surface area contributed by atoms with Gasteiger partial charge in [0.05, 0.1) is 17.5 Å². The Morgan fingerprint density at radius 3 is 2.65 bits per heavy atom. The minimum absolute atomic E-state index is 0.292. The number of fused-ring (bicyclic) bond motifs is 1. The Morgan fingerprint density at radius 2 is 1.85 bits per heavy atom. The molecule has 0 saturated carbocycles. The van der Waals surface area contributed by atoms with E-state index in [4.69, 9.17) is 0 Å². The highest BCUT2D eigenvalue weighted by molar-refractivity contribution is 7.21. The summed E-state index contributed by atoms with van der Waals surface area (Å²) in [4.78, 5) is 0. The number of nitrogens with zero attached hydrogens (tertiary/aromatic N) is 1. The van der Waals surface area contributed by atoms with Gasteiger partial charge in [-0.1, -0.05) is 47.2 Å². The van der Waals surface area contributed by atoms with Crippen molar-refractivity contribution in [3.63, 3.8) is 0 Å². The van der Waals surface area contributed by atoms with Gasteiger partial charge in [0, 0.05) is 10.1 Å². The molecular weight excluding hydrogens is 268 g/mol. The van der Waals surface area contributed by atoms with Crippen LogP contribution < -0.4 is 5.43 Å². The van der Waals surface area contributed by atoms with Crippen molar-refractivity contribution in [1.29, 1.82) is 0 Å². The summed E-state index contributed by atoms with van der Waals surface area (Å²) in [5, 5.41) is 15.5. The Kier molecular flexibility index (Phi) is 3.39. The zero-order chi connectivity index (χ0) is 13.9. The van der Waals surface area contributed by atoms with Crippen LogP contribution >= 0.6 is 11.3 Å². The van der Waals surface area contributed by atoms with Gasteiger partial charge in [0.1, 0.15) is 0 Å². The van der Waals surface area contributed by atoms with Gasteiger partial charge < -0.3 is 5.11 Å².